The van der Waals surface area contributed by atoms with Gasteiger partial charge in [0, 0.05) is 37.2 Å². The van der Waals surface area contributed by atoms with Gasteiger partial charge in [0.1, 0.15) is 15.7 Å². The van der Waals surface area contributed by atoms with E-state index in [1.165, 1.54) is 24.3 Å². The number of nitrogens with zero attached hydrogens (tertiary/aromatic N) is 1. The van der Waals surface area contributed by atoms with E-state index >= 15 is 0 Å². The molecule has 5 nitrogen and oxygen atoms in total. The van der Waals surface area contributed by atoms with Crippen molar-refractivity contribution in [1.29, 1.82) is 0 Å². The van der Waals surface area contributed by atoms with Crippen LogP contribution in [0.5, 0.6) is 0 Å². The minimum atomic E-state index is -3.10. The second kappa shape index (κ2) is 6.51. The smallest absolute Gasteiger partial charge is 0.328 e. The first-order valence-corrected chi connectivity index (χ1v) is 7.84. The lowest BCUT2D eigenvalue weighted by molar-refractivity contribution is -0.131. The van der Waals surface area contributed by atoms with Crippen LogP contribution in [0.25, 0.3) is 6.08 Å². The van der Waals surface area contributed by atoms with Crippen LogP contribution in [0.1, 0.15) is 5.56 Å². The number of carboxylic acid groups (broad SMARTS) is 1. The van der Waals surface area contributed by atoms with Crippen molar-refractivity contribution < 1.29 is 22.7 Å². The number of anilines is 1. The molecule has 0 aliphatic heterocycles. The summed E-state index contributed by atoms with van der Waals surface area (Å²) in [5, 5.41) is 8.61. The number of halogens is 1. The van der Waals surface area contributed by atoms with Gasteiger partial charge in [-0.1, -0.05) is 0 Å². The molecule has 0 atom stereocenters. The van der Waals surface area contributed by atoms with Gasteiger partial charge < -0.3 is 10.0 Å². The molecular formula is C13H16FNO4S. The SMILES string of the molecule is CN(CCS(C)(=O)=O)c1ccc(F)cc1C=CC(=O)O. The maximum atomic E-state index is 13.2. The number of carboxylic acids is 1. The highest BCUT2D eigenvalue weighted by atomic mass is 32.2. The summed E-state index contributed by atoms with van der Waals surface area (Å²) in [6, 6.07) is 3.93. The van der Waals surface area contributed by atoms with Crippen molar-refractivity contribution in [3.63, 3.8) is 0 Å². The molecule has 0 heterocycles. The van der Waals surface area contributed by atoms with Crippen molar-refractivity contribution in [2.24, 2.45) is 0 Å². The van der Waals surface area contributed by atoms with Gasteiger partial charge in [-0.2, -0.15) is 0 Å². The van der Waals surface area contributed by atoms with Gasteiger partial charge in [-0.05, 0) is 24.3 Å². The lowest BCUT2D eigenvalue weighted by atomic mass is 10.1. The Balaban J connectivity index is 3.01. The predicted octanol–water partition coefficient (Wildman–Crippen LogP) is 1.40. The Bertz CT molecular complexity index is 625. The summed E-state index contributed by atoms with van der Waals surface area (Å²) in [5.74, 6) is -1.67. The van der Waals surface area contributed by atoms with Gasteiger partial charge in [0.05, 0.1) is 5.75 Å². The molecule has 0 saturated carbocycles. The van der Waals surface area contributed by atoms with Crippen molar-refractivity contribution in [3.05, 3.63) is 35.7 Å². The third-order valence-electron chi connectivity index (χ3n) is 2.60. The summed E-state index contributed by atoms with van der Waals surface area (Å²) in [6.45, 7) is 0.235. The molecule has 0 aromatic heterocycles. The van der Waals surface area contributed by atoms with E-state index in [0.717, 1.165) is 12.3 Å². The summed E-state index contributed by atoms with van der Waals surface area (Å²) in [7, 11) is -1.44. The molecule has 110 valence electrons. The van der Waals surface area contributed by atoms with E-state index in [2.05, 4.69) is 0 Å². The third kappa shape index (κ3) is 5.40. The van der Waals surface area contributed by atoms with Crippen molar-refractivity contribution in [1.82, 2.24) is 0 Å². The maximum Gasteiger partial charge on any atom is 0.328 e. The van der Waals surface area contributed by atoms with E-state index in [0.29, 0.717) is 11.3 Å². The van der Waals surface area contributed by atoms with Crippen LogP contribution in [-0.4, -0.2) is 45.1 Å². The average Bonchev–Trinajstić information content (AvgIpc) is 2.32. The van der Waals surface area contributed by atoms with Gasteiger partial charge in [0.25, 0.3) is 0 Å². The molecule has 1 aromatic carbocycles. The zero-order valence-corrected chi connectivity index (χ0v) is 12.0. The number of hydrogen-bond donors (Lipinski definition) is 1. The Morgan fingerprint density at radius 3 is 2.65 bits per heavy atom. The molecular weight excluding hydrogens is 285 g/mol. The first kappa shape index (κ1) is 16.2. The van der Waals surface area contributed by atoms with E-state index in [1.54, 1.807) is 11.9 Å². The number of rotatable bonds is 6. The zero-order chi connectivity index (χ0) is 15.3. The van der Waals surface area contributed by atoms with E-state index < -0.39 is 21.6 Å². The molecule has 1 N–H and O–H groups in total. The Morgan fingerprint density at radius 2 is 2.10 bits per heavy atom. The highest BCUT2D eigenvalue weighted by Crippen LogP contribution is 2.22. The second-order valence-electron chi connectivity index (χ2n) is 4.43. The average molecular weight is 301 g/mol. The van der Waals surface area contributed by atoms with Crippen LogP contribution in [0.15, 0.2) is 24.3 Å². The number of sulfone groups is 1. The molecule has 20 heavy (non-hydrogen) atoms. The van der Waals surface area contributed by atoms with Crippen LogP contribution in [0, 0.1) is 5.82 Å². The van der Waals surface area contributed by atoms with Crippen LogP contribution >= 0.6 is 0 Å². The summed E-state index contributed by atoms with van der Waals surface area (Å²) in [5.41, 5.74) is 0.941. The lowest BCUT2D eigenvalue weighted by Crippen LogP contribution is -2.25. The normalized spacial score (nSPS) is 11.8. The fraction of sp³-hybridized carbons (Fsp3) is 0.308. The van der Waals surface area contributed by atoms with E-state index in [9.17, 15) is 17.6 Å². The molecule has 0 bridgehead atoms. The molecule has 0 fully saturated rings. The Hall–Kier alpha value is -1.89. The molecule has 1 rings (SSSR count). The minimum absolute atomic E-state index is 0.0387. The predicted molar refractivity (Wildman–Crippen MR) is 76.1 cm³/mol. The molecule has 1 aromatic rings. The van der Waals surface area contributed by atoms with Gasteiger partial charge in [-0.25, -0.2) is 17.6 Å². The highest BCUT2D eigenvalue weighted by molar-refractivity contribution is 7.90. The third-order valence-corrected chi connectivity index (χ3v) is 3.53. The van der Waals surface area contributed by atoms with Crippen molar-refractivity contribution in [2.45, 2.75) is 0 Å². The van der Waals surface area contributed by atoms with Gasteiger partial charge in [-0.15, -0.1) is 0 Å². The summed E-state index contributed by atoms with van der Waals surface area (Å²) < 4.78 is 35.5. The van der Waals surface area contributed by atoms with Crippen LogP contribution in [0.3, 0.4) is 0 Å². The standard InChI is InChI=1S/C13H16FNO4S/c1-15(7-8-20(2,18)19)12-5-4-11(14)9-10(12)3-6-13(16)17/h3-6,9H,7-8H2,1-2H3,(H,16,17). The van der Waals surface area contributed by atoms with Crippen LogP contribution < -0.4 is 4.90 Å². The Morgan fingerprint density at radius 1 is 1.45 bits per heavy atom. The van der Waals surface area contributed by atoms with E-state index in [-0.39, 0.29) is 12.3 Å². The van der Waals surface area contributed by atoms with Gasteiger partial charge in [-0.3, -0.25) is 0 Å². The monoisotopic (exact) mass is 301 g/mol. The molecule has 0 radical (unpaired) electrons. The van der Waals surface area contributed by atoms with Crippen LogP contribution in [0.2, 0.25) is 0 Å². The van der Waals surface area contributed by atoms with Crippen LogP contribution in [0.4, 0.5) is 10.1 Å². The number of benzene rings is 1. The minimum Gasteiger partial charge on any atom is -0.478 e. The molecule has 7 heteroatoms. The molecule has 0 aliphatic rings. The van der Waals surface area contributed by atoms with Crippen molar-refractivity contribution in [3.8, 4) is 0 Å². The maximum absolute atomic E-state index is 13.2. The van der Waals surface area contributed by atoms with Gasteiger partial charge in [0.2, 0.25) is 0 Å². The van der Waals surface area contributed by atoms with E-state index in [4.69, 9.17) is 5.11 Å². The summed E-state index contributed by atoms with van der Waals surface area (Å²) in [4.78, 5) is 12.2. The molecule has 0 unspecified atom stereocenters. The van der Waals surface area contributed by atoms with Crippen LogP contribution in [-0.2, 0) is 14.6 Å². The number of hydrogen-bond acceptors (Lipinski definition) is 4. The molecule has 0 spiro atoms. The molecule has 0 amide bonds. The summed E-state index contributed by atoms with van der Waals surface area (Å²) in [6.07, 6.45) is 3.32. The van der Waals surface area contributed by atoms with Crippen molar-refractivity contribution >= 4 is 27.6 Å². The van der Waals surface area contributed by atoms with E-state index in [1.807, 2.05) is 0 Å². The summed E-state index contributed by atoms with van der Waals surface area (Å²) >= 11 is 0. The van der Waals surface area contributed by atoms with Gasteiger partial charge >= 0.3 is 5.97 Å². The Kier molecular flexibility index (Phi) is 5.26. The zero-order valence-electron chi connectivity index (χ0n) is 11.2. The molecule has 0 saturated heterocycles. The lowest BCUT2D eigenvalue weighted by Gasteiger charge is -2.21. The van der Waals surface area contributed by atoms with Gasteiger partial charge in [0.15, 0.2) is 0 Å². The fourth-order valence-electron chi connectivity index (χ4n) is 1.59. The first-order chi connectivity index (χ1) is 9.19. The quantitative estimate of drug-likeness (QED) is 0.804. The molecule has 0 aliphatic carbocycles. The second-order valence-corrected chi connectivity index (χ2v) is 6.69. The Labute approximate surface area is 117 Å². The van der Waals surface area contributed by atoms with Crippen molar-refractivity contribution in [2.75, 3.05) is 30.5 Å². The topological polar surface area (TPSA) is 74.7 Å². The number of carbonyl (C=O) groups is 1. The first-order valence-electron chi connectivity index (χ1n) is 5.78. The number of aliphatic carboxylic acids is 1. The fourth-order valence-corrected chi connectivity index (χ4v) is 2.20. The highest BCUT2D eigenvalue weighted by Gasteiger charge is 2.10. The largest absolute Gasteiger partial charge is 0.478 e.